The Hall–Kier alpha value is -3.49. The van der Waals surface area contributed by atoms with Crippen molar-refractivity contribution >= 4 is 17.5 Å². The highest BCUT2D eigenvalue weighted by atomic mass is 19.1. The molecule has 0 saturated carbocycles. The summed E-state index contributed by atoms with van der Waals surface area (Å²) < 4.78 is 22.1. The number of cyclic esters (lactones) is 1. The minimum absolute atomic E-state index is 0.331. The molecule has 8 nitrogen and oxygen atoms in total. The van der Waals surface area contributed by atoms with Crippen LogP contribution in [-0.2, 0) is 24.4 Å². The van der Waals surface area contributed by atoms with Crippen molar-refractivity contribution in [3.05, 3.63) is 65.5 Å². The van der Waals surface area contributed by atoms with Gasteiger partial charge in [0.2, 0.25) is 0 Å². The number of carbonyl (C=O) groups is 1. The Morgan fingerprint density at radius 3 is 2.93 bits per heavy atom. The number of aryl methyl sites for hydroxylation is 1. The standard InChI is InChI=1S/C20H19FN6O2/c1-13-7-19(25-9-14-3-2-4-22-17(14)12-25)16(21)8-18(13)27-11-15(29-20(27)28)10-26-6-5-23-24-26/h2-8,15H,9-12H2,1H3/t15-/m0/s1. The molecule has 3 aromatic rings. The second-order valence-corrected chi connectivity index (χ2v) is 7.30. The number of fused-ring (bicyclic) bond motifs is 1. The molecule has 0 radical (unpaired) electrons. The fraction of sp³-hybridized carbons (Fsp3) is 0.300. The highest BCUT2D eigenvalue weighted by Crippen LogP contribution is 2.35. The molecule has 0 bridgehead atoms. The number of halogens is 1. The molecule has 148 valence electrons. The zero-order valence-corrected chi connectivity index (χ0v) is 15.8. The summed E-state index contributed by atoms with van der Waals surface area (Å²) in [5, 5.41) is 7.64. The molecule has 2 aromatic heterocycles. The van der Waals surface area contributed by atoms with Gasteiger partial charge in [0.25, 0.3) is 0 Å². The SMILES string of the molecule is Cc1cc(N2Cc3cccnc3C2)c(F)cc1N1C[C@H](Cn2ccnn2)OC1=O. The molecular weight excluding hydrogens is 375 g/mol. The number of pyridine rings is 1. The van der Waals surface area contributed by atoms with E-state index in [-0.39, 0.29) is 11.9 Å². The first-order chi connectivity index (χ1) is 14.1. The van der Waals surface area contributed by atoms with Gasteiger partial charge >= 0.3 is 6.09 Å². The zero-order chi connectivity index (χ0) is 20.0. The molecule has 1 atom stereocenters. The van der Waals surface area contributed by atoms with Crippen LogP contribution in [0.3, 0.4) is 0 Å². The number of nitrogens with zero attached hydrogens (tertiary/aromatic N) is 6. The van der Waals surface area contributed by atoms with Gasteiger partial charge in [0, 0.05) is 25.0 Å². The summed E-state index contributed by atoms with van der Waals surface area (Å²) in [6.07, 6.45) is 4.17. The topological polar surface area (TPSA) is 76.4 Å². The molecule has 1 saturated heterocycles. The number of rotatable bonds is 4. The molecule has 9 heteroatoms. The highest BCUT2D eigenvalue weighted by molar-refractivity contribution is 5.91. The number of hydrogen-bond donors (Lipinski definition) is 0. The molecular formula is C20H19FN6O2. The number of anilines is 2. The number of benzene rings is 1. The fourth-order valence-corrected chi connectivity index (χ4v) is 3.91. The van der Waals surface area contributed by atoms with E-state index >= 15 is 4.39 Å². The van der Waals surface area contributed by atoms with Crippen LogP contribution in [0.25, 0.3) is 0 Å². The number of hydrogen-bond acceptors (Lipinski definition) is 6. The molecule has 4 heterocycles. The lowest BCUT2D eigenvalue weighted by Gasteiger charge is -2.22. The maximum absolute atomic E-state index is 15.0. The Bertz CT molecular complexity index is 1050. The quantitative estimate of drug-likeness (QED) is 0.677. The number of aromatic nitrogens is 4. The summed E-state index contributed by atoms with van der Waals surface area (Å²) in [4.78, 5) is 20.2. The minimum atomic E-state index is -0.483. The Morgan fingerprint density at radius 2 is 2.14 bits per heavy atom. The first-order valence-corrected chi connectivity index (χ1v) is 9.38. The predicted octanol–water partition coefficient (Wildman–Crippen LogP) is 2.67. The van der Waals surface area contributed by atoms with E-state index in [0.29, 0.717) is 37.6 Å². The Balaban J connectivity index is 1.37. The maximum atomic E-state index is 15.0. The van der Waals surface area contributed by atoms with Crippen LogP contribution in [0, 0.1) is 12.7 Å². The molecule has 2 aliphatic heterocycles. The van der Waals surface area contributed by atoms with Crippen LogP contribution in [0.1, 0.15) is 16.8 Å². The normalized spacial score (nSPS) is 18.3. The van der Waals surface area contributed by atoms with Crippen molar-refractivity contribution in [2.45, 2.75) is 32.7 Å². The number of amides is 1. The lowest BCUT2D eigenvalue weighted by atomic mass is 10.1. The van der Waals surface area contributed by atoms with Crippen molar-refractivity contribution in [2.24, 2.45) is 0 Å². The second-order valence-electron chi connectivity index (χ2n) is 7.30. The average Bonchev–Trinajstić information content (AvgIpc) is 3.43. The molecule has 0 aliphatic carbocycles. The van der Waals surface area contributed by atoms with Crippen molar-refractivity contribution in [2.75, 3.05) is 16.3 Å². The molecule has 2 aliphatic rings. The van der Waals surface area contributed by atoms with Gasteiger partial charge < -0.3 is 9.64 Å². The van der Waals surface area contributed by atoms with E-state index in [4.69, 9.17) is 4.74 Å². The second kappa shape index (κ2) is 6.84. The minimum Gasteiger partial charge on any atom is -0.442 e. The Labute approximate surface area is 166 Å². The van der Waals surface area contributed by atoms with Gasteiger partial charge in [0.1, 0.15) is 11.9 Å². The van der Waals surface area contributed by atoms with Gasteiger partial charge in [-0.1, -0.05) is 11.3 Å². The third-order valence-corrected chi connectivity index (χ3v) is 5.32. The molecule has 5 rings (SSSR count). The molecule has 1 aromatic carbocycles. The van der Waals surface area contributed by atoms with Gasteiger partial charge in [0.15, 0.2) is 0 Å². The largest absolute Gasteiger partial charge is 0.442 e. The van der Waals surface area contributed by atoms with E-state index in [9.17, 15) is 4.79 Å². The molecule has 29 heavy (non-hydrogen) atoms. The first-order valence-electron chi connectivity index (χ1n) is 9.38. The van der Waals surface area contributed by atoms with Gasteiger partial charge in [-0.05, 0) is 30.2 Å². The van der Waals surface area contributed by atoms with Crippen LogP contribution >= 0.6 is 0 Å². The van der Waals surface area contributed by atoms with Crippen molar-refractivity contribution in [3.8, 4) is 0 Å². The van der Waals surface area contributed by atoms with E-state index in [1.165, 1.54) is 11.0 Å². The Kier molecular flexibility index (Phi) is 4.15. The van der Waals surface area contributed by atoms with E-state index in [0.717, 1.165) is 16.8 Å². The van der Waals surface area contributed by atoms with Crippen LogP contribution in [0.4, 0.5) is 20.6 Å². The maximum Gasteiger partial charge on any atom is 0.414 e. The van der Waals surface area contributed by atoms with Crippen molar-refractivity contribution in [1.82, 2.24) is 20.0 Å². The van der Waals surface area contributed by atoms with Crippen molar-refractivity contribution in [3.63, 3.8) is 0 Å². The first kappa shape index (κ1) is 17.6. The third-order valence-electron chi connectivity index (χ3n) is 5.32. The van der Waals surface area contributed by atoms with Crippen LogP contribution < -0.4 is 9.80 Å². The molecule has 1 amide bonds. The monoisotopic (exact) mass is 394 g/mol. The van der Waals surface area contributed by atoms with Crippen LogP contribution in [0.2, 0.25) is 0 Å². The van der Waals surface area contributed by atoms with Gasteiger partial charge in [-0.2, -0.15) is 0 Å². The smallest absolute Gasteiger partial charge is 0.414 e. The van der Waals surface area contributed by atoms with Crippen molar-refractivity contribution in [1.29, 1.82) is 0 Å². The average molecular weight is 394 g/mol. The molecule has 1 fully saturated rings. The summed E-state index contributed by atoms with van der Waals surface area (Å²) >= 11 is 0. The van der Waals surface area contributed by atoms with Gasteiger partial charge in [-0.3, -0.25) is 9.88 Å². The fourth-order valence-electron chi connectivity index (χ4n) is 3.91. The summed E-state index contributed by atoms with van der Waals surface area (Å²) in [5.74, 6) is -0.370. The lowest BCUT2D eigenvalue weighted by Crippen LogP contribution is -2.27. The predicted molar refractivity (Wildman–Crippen MR) is 103 cm³/mol. The van der Waals surface area contributed by atoms with Crippen LogP contribution in [-0.4, -0.2) is 38.7 Å². The van der Waals surface area contributed by atoms with Gasteiger partial charge in [0.05, 0.1) is 42.9 Å². The van der Waals surface area contributed by atoms with Crippen molar-refractivity contribution < 1.29 is 13.9 Å². The van der Waals surface area contributed by atoms with E-state index < -0.39 is 6.09 Å². The summed E-state index contributed by atoms with van der Waals surface area (Å²) in [6, 6.07) is 7.10. The number of carbonyl (C=O) groups excluding carboxylic acids is 1. The van der Waals surface area contributed by atoms with Gasteiger partial charge in [-0.15, -0.1) is 5.10 Å². The van der Waals surface area contributed by atoms with E-state index in [2.05, 4.69) is 15.3 Å². The number of ether oxygens (including phenoxy) is 1. The summed E-state index contributed by atoms with van der Waals surface area (Å²) in [7, 11) is 0. The molecule has 0 unspecified atom stereocenters. The molecule has 0 spiro atoms. The summed E-state index contributed by atoms with van der Waals surface area (Å²) in [5.41, 5.74) is 3.91. The Morgan fingerprint density at radius 1 is 1.24 bits per heavy atom. The van der Waals surface area contributed by atoms with E-state index in [1.807, 2.05) is 24.0 Å². The highest BCUT2D eigenvalue weighted by Gasteiger charge is 2.34. The third kappa shape index (κ3) is 3.18. The van der Waals surface area contributed by atoms with Gasteiger partial charge in [-0.25, -0.2) is 13.9 Å². The lowest BCUT2D eigenvalue weighted by molar-refractivity contribution is 0.129. The summed E-state index contributed by atoms with van der Waals surface area (Å²) in [6.45, 7) is 3.79. The van der Waals surface area contributed by atoms with E-state index in [1.54, 1.807) is 29.3 Å². The molecule has 0 N–H and O–H groups in total. The zero-order valence-electron chi connectivity index (χ0n) is 15.8. The van der Waals surface area contributed by atoms with Crippen LogP contribution in [0.5, 0.6) is 0 Å². The van der Waals surface area contributed by atoms with Crippen LogP contribution in [0.15, 0.2) is 42.9 Å².